The van der Waals surface area contributed by atoms with Crippen LogP contribution in [0.15, 0.2) is 0 Å². The van der Waals surface area contributed by atoms with E-state index in [0.29, 0.717) is 25.5 Å². The largest absolute Gasteiger partial charge is 0.385 e. The molecule has 0 bridgehead atoms. The fourth-order valence-corrected chi connectivity index (χ4v) is 1.72. The number of methoxy groups -OCH3 is 1. The summed E-state index contributed by atoms with van der Waals surface area (Å²) in [6.45, 7) is 2.77. The van der Waals surface area contributed by atoms with Crippen LogP contribution in [-0.2, 0) is 14.3 Å². The van der Waals surface area contributed by atoms with Gasteiger partial charge in [0.25, 0.3) is 0 Å². The van der Waals surface area contributed by atoms with Gasteiger partial charge < -0.3 is 20.5 Å². The lowest BCUT2D eigenvalue weighted by Gasteiger charge is -2.23. The van der Waals surface area contributed by atoms with Crippen molar-refractivity contribution < 1.29 is 14.3 Å². The molecule has 1 saturated heterocycles. The molecule has 1 aliphatic heterocycles. The van der Waals surface area contributed by atoms with Gasteiger partial charge in [0.2, 0.25) is 5.91 Å². The molecule has 0 spiro atoms. The molecule has 0 saturated carbocycles. The summed E-state index contributed by atoms with van der Waals surface area (Å²) in [5.41, 5.74) is 5.70. The maximum absolute atomic E-state index is 11.6. The topological polar surface area (TPSA) is 73.6 Å². The summed E-state index contributed by atoms with van der Waals surface area (Å²) < 4.78 is 10.2. The summed E-state index contributed by atoms with van der Waals surface area (Å²) in [7, 11) is 1.60. The van der Waals surface area contributed by atoms with Gasteiger partial charge in [0.15, 0.2) is 0 Å². The Morgan fingerprint density at radius 1 is 1.69 bits per heavy atom. The standard InChI is InChI=1S/C11H22N2O3/c1-15-6-4-10(12)11(14)13-7-9-3-2-5-16-8-9/h9-10H,2-8,12H2,1H3,(H,13,14). The second-order valence-corrected chi connectivity index (χ2v) is 4.22. The lowest BCUT2D eigenvalue weighted by molar-refractivity contribution is -0.123. The van der Waals surface area contributed by atoms with E-state index in [4.69, 9.17) is 15.2 Å². The van der Waals surface area contributed by atoms with Gasteiger partial charge in [-0.2, -0.15) is 0 Å². The van der Waals surface area contributed by atoms with Gasteiger partial charge in [0, 0.05) is 26.9 Å². The van der Waals surface area contributed by atoms with E-state index in [1.165, 1.54) is 0 Å². The van der Waals surface area contributed by atoms with E-state index in [0.717, 1.165) is 26.1 Å². The Labute approximate surface area is 96.7 Å². The molecule has 1 fully saturated rings. The fourth-order valence-electron chi connectivity index (χ4n) is 1.72. The third kappa shape index (κ3) is 4.92. The molecule has 0 aliphatic carbocycles. The Hall–Kier alpha value is -0.650. The van der Waals surface area contributed by atoms with Crippen molar-refractivity contribution in [3.8, 4) is 0 Å². The number of rotatable bonds is 6. The van der Waals surface area contributed by atoms with Crippen molar-refractivity contribution in [1.29, 1.82) is 0 Å². The highest BCUT2D eigenvalue weighted by molar-refractivity contribution is 5.81. The molecule has 0 radical (unpaired) electrons. The molecule has 0 aromatic rings. The van der Waals surface area contributed by atoms with E-state index in [2.05, 4.69) is 5.32 Å². The molecule has 2 unspecified atom stereocenters. The Morgan fingerprint density at radius 3 is 3.12 bits per heavy atom. The summed E-state index contributed by atoms with van der Waals surface area (Å²) in [5.74, 6) is 0.343. The summed E-state index contributed by atoms with van der Waals surface area (Å²) in [6.07, 6.45) is 2.76. The number of ether oxygens (including phenoxy) is 2. The van der Waals surface area contributed by atoms with Gasteiger partial charge in [-0.3, -0.25) is 4.79 Å². The molecule has 3 N–H and O–H groups in total. The Bertz CT molecular complexity index is 205. The zero-order valence-electron chi connectivity index (χ0n) is 9.91. The van der Waals surface area contributed by atoms with E-state index in [9.17, 15) is 4.79 Å². The smallest absolute Gasteiger partial charge is 0.237 e. The van der Waals surface area contributed by atoms with Crippen molar-refractivity contribution in [2.24, 2.45) is 11.7 Å². The number of nitrogens with two attached hydrogens (primary N) is 1. The SMILES string of the molecule is COCCC(N)C(=O)NCC1CCCOC1. The number of carbonyl (C=O) groups is 1. The molecular weight excluding hydrogens is 208 g/mol. The van der Waals surface area contributed by atoms with Crippen LogP contribution in [0.1, 0.15) is 19.3 Å². The lowest BCUT2D eigenvalue weighted by Crippen LogP contribution is -2.43. The van der Waals surface area contributed by atoms with Crippen LogP contribution in [0.4, 0.5) is 0 Å². The Kier molecular flexibility index (Phi) is 6.37. The molecule has 16 heavy (non-hydrogen) atoms. The van der Waals surface area contributed by atoms with Crippen molar-refractivity contribution >= 4 is 5.91 Å². The van der Waals surface area contributed by atoms with E-state index < -0.39 is 6.04 Å². The Morgan fingerprint density at radius 2 is 2.50 bits per heavy atom. The van der Waals surface area contributed by atoms with Gasteiger partial charge in [-0.15, -0.1) is 0 Å². The average molecular weight is 230 g/mol. The normalized spacial score (nSPS) is 22.8. The first-order chi connectivity index (χ1) is 7.74. The maximum Gasteiger partial charge on any atom is 0.237 e. The summed E-state index contributed by atoms with van der Waals surface area (Å²) >= 11 is 0. The van der Waals surface area contributed by atoms with Crippen LogP contribution >= 0.6 is 0 Å². The molecule has 1 aliphatic rings. The van der Waals surface area contributed by atoms with Crippen LogP contribution in [0.5, 0.6) is 0 Å². The van der Waals surface area contributed by atoms with Crippen LogP contribution in [0, 0.1) is 5.92 Å². The molecule has 0 aromatic heterocycles. The molecule has 1 rings (SSSR count). The Balaban J connectivity index is 2.12. The van der Waals surface area contributed by atoms with Crippen molar-refractivity contribution in [3.05, 3.63) is 0 Å². The first-order valence-electron chi connectivity index (χ1n) is 5.84. The van der Waals surface area contributed by atoms with Crippen LogP contribution < -0.4 is 11.1 Å². The third-order valence-corrected chi connectivity index (χ3v) is 2.79. The molecule has 5 heteroatoms. The van der Waals surface area contributed by atoms with Crippen molar-refractivity contribution in [3.63, 3.8) is 0 Å². The van der Waals surface area contributed by atoms with Gasteiger partial charge in [-0.1, -0.05) is 0 Å². The highest BCUT2D eigenvalue weighted by Crippen LogP contribution is 2.12. The minimum absolute atomic E-state index is 0.0948. The van der Waals surface area contributed by atoms with E-state index in [-0.39, 0.29) is 5.91 Å². The fraction of sp³-hybridized carbons (Fsp3) is 0.909. The third-order valence-electron chi connectivity index (χ3n) is 2.79. The van der Waals surface area contributed by atoms with E-state index in [1.807, 2.05) is 0 Å². The van der Waals surface area contributed by atoms with Crippen LogP contribution in [0.2, 0.25) is 0 Å². The second-order valence-electron chi connectivity index (χ2n) is 4.22. The van der Waals surface area contributed by atoms with E-state index in [1.54, 1.807) is 7.11 Å². The van der Waals surface area contributed by atoms with Gasteiger partial charge in [0.1, 0.15) is 0 Å². The highest BCUT2D eigenvalue weighted by atomic mass is 16.5. The summed E-state index contributed by atoms with van der Waals surface area (Å²) in [4.78, 5) is 11.6. The molecule has 1 amide bonds. The molecule has 0 aromatic carbocycles. The van der Waals surface area contributed by atoms with Gasteiger partial charge in [0.05, 0.1) is 12.6 Å². The maximum atomic E-state index is 11.6. The minimum atomic E-state index is -0.468. The summed E-state index contributed by atoms with van der Waals surface area (Å²) in [5, 5.41) is 2.86. The predicted molar refractivity (Wildman–Crippen MR) is 61.0 cm³/mol. The van der Waals surface area contributed by atoms with Gasteiger partial charge in [-0.05, 0) is 25.2 Å². The quantitative estimate of drug-likeness (QED) is 0.668. The van der Waals surface area contributed by atoms with Crippen LogP contribution in [0.3, 0.4) is 0 Å². The molecule has 1 heterocycles. The van der Waals surface area contributed by atoms with Crippen molar-refractivity contribution in [2.45, 2.75) is 25.3 Å². The van der Waals surface area contributed by atoms with Crippen molar-refractivity contribution in [2.75, 3.05) is 33.5 Å². The predicted octanol–water partition coefficient (Wildman–Crippen LogP) is -0.107. The lowest BCUT2D eigenvalue weighted by atomic mass is 10.0. The van der Waals surface area contributed by atoms with Gasteiger partial charge >= 0.3 is 0 Å². The first kappa shape index (κ1) is 13.4. The zero-order chi connectivity index (χ0) is 11.8. The monoisotopic (exact) mass is 230 g/mol. The number of nitrogens with one attached hydrogen (secondary N) is 1. The van der Waals surface area contributed by atoms with Crippen LogP contribution in [0.25, 0.3) is 0 Å². The number of hydrogen-bond donors (Lipinski definition) is 2. The molecule has 94 valence electrons. The minimum Gasteiger partial charge on any atom is -0.385 e. The number of carbonyl (C=O) groups excluding carboxylic acids is 1. The zero-order valence-corrected chi connectivity index (χ0v) is 9.91. The summed E-state index contributed by atoms with van der Waals surface area (Å²) in [6, 6.07) is -0.468. The number of amides is 1. The number of hydrogen-bond acceptors (Lipinski definition) is 4. The molecular formula is C11H22N2O3. The van der Waals surface area contributed by atoms with E-state index >= 15 is 0 Å². The van der Waals surface area contributed by atoms with Crippen molar-refractivity contribution in [1.82, 2.24) is 5.32 Å². The van der Waals surface area contributed by atoms with Crippen LogP contribution in [-0.4, -0.2) is 45.4 Å². The second kappa shape index (κ2) is 7.60. The highest BCUT2D eigenvalue weighted by Gasteiger charge is 2.17. The first-order valence-corrected chi connectivity index (χ1v) is 5.84. The molecule has 2 atom stereocenters. The average Bonchev–Trinajstić information content (AvgIpc) is 2.34. The van der Waals surface area contributed by atoms with Gasteiger partial charge in [-0.25, -0.2) is 0 Å². The molecule has 5 nitrogen and oxygen atoms in total.